The van der Waals surface area contributed by atoms with Crippen molar-refractivity contribution in [1.29, 1.82) is 0 Å². The van der Waals surface area contributed by atoms with Crippen molar-refractivity contribution in [2.45, 2.75) is 90.3 Å². The second-order valence-electron chi connectivity index (χ2n) is 10.1. The van der Waals surface area contributed by atoms with Gasteiger partial charge in [0.1, 0.15) is 0 Å². The van der Waals surface area contributed by atoms with Crippen LogP contribution in [0.1, 0.15) is 78.6 Å². The fourth-order valence-corrected chi connectivity index (χ4v) is 7.91. The van der Waals surface area contributed by atoms with Gasteiger partial charge >= 0.3 is 0 Å². The molecule has 0 heterocycles. The van der Waals surface area contributed by atoms with Gasteiger partial charge in [0.15, 0.2) is 0 Å². The molecule has 0 aromatic heterocycles. The van der Waals surface area contributed by atoms with Gasteiger partial charge in [0.25, 0.3) is 0 Å². The number of aliphatic hydroxyl groups is 2. The summed E-state index contributed by atoms with van der Waals surface area (Å²) in [6.07, 6.45) is 11.2. The topological polar surface area (TPSA) is 40.5 Å². The van der Waals surface area contributed by atoms with Crippen molar-refractivity contribution in [2.75, 3.05) is 0 Å². The maximum Gasteiger partial charge on any atom is 0.0622 e. The zero-order valence-electron chi connectivity index (χ0n) is 15.3. The molecule has 0 saturated heterocycles. The third kappa shape index (κ3) is 2.51. The molecule has 4 aliphatic rings. The monoisotopic (exact) mass is 320 g/mol. The first-order chi connectivity index (χ1) is 10.8. The van der Waals surface area contributed by atoms with E-state index in [4.69, 9.17) is 0 Å². The lowest BCUT2D eigenvalue weighted by Gasteiger charge is -2.57. The van der Waals surface area contributed by atoms with Gasteiger partial charge in [-0.2, -0.15) is 0 Å². The summed E-state index contributed by atoms with van der Waals surface area (Å²) < 4.78 is 0. The molecule has 2 heteroatoms. The maximum atomic E-state index is 10.5. The number of hydrogen-bond donors (Lipinski definition) is 2. The summed E-state index contributed by atoms with van der Waals surface area (Å²) in [5, 5.41) is 20.7. The molecular weight excluding hydrogens is 284 g/mol. The highest BCUT2D eigenvalue weighted by Crippen LogP contribution is 2.65. The third-order valence-corrected chi connectivity index (χ3v) is 8.89. The van der Waals surface area contributed by atoms with E-state index in [1.54, 1.807) is 0 Å². The number of fused-ring (bicyclic) bond motifs is 5. The number of hydrogen-bond acceptors (Lipinski definition) is 2. The zero-order chi connectivity index (χ0) is 16.4. The fraction of sp³-hybridized carbons (Fsp3) is 1.00. The van der Waals surface area contributed by atoms with E-state index < -0.39 is 5.60 Å². The van der Waals surface area contributed by atoms with Gasteiger partial charge in [-0.1, -0.05) is 6.92 Å². The van der Waals surface area contributed by atoms with E-state index in [9.17, 15) is 10.2 Å². The highest BCUT2D eigenvalue weighted by molar-refractivity contribution is 5.07. The minimum atomic E-state index is -0.401. The van der Waals surface area contributed by atoms with E-state index >= 15 is 0 Å². The minimum Gasteiger partial charge on any atom is -0.393 e. The minimum absolute atomic E-state index is 0.136. The maximum absolute atomic E-state index is 10.5. The summed E-state index contributed by atoms with van der Waals surface area (Å²) in [6, 6.07) is 0. The lowest BCUT2D eigenvalue weighted by Crippen LogP contribution is -2.51. The molecular formula is C21H36O2. The molecule has 4 rings (SSSR count). The standard InChI is InChI=1S/C21H36O2/c1-13(22)18-6-7-19-17-5-4-14-12-20(2,23)10-8-15(14)16(17)9-11-21(18,19)3/h13-19,22-23H,4-12H2,1-3H3/t13?,14-,15-,16+,17+,18+,19-,20-,21+/m0/s1. The summed E-state index contributed by atoms with van der Waals surface area (Å²) >= 11 is 0. The summed E-state index contributed by atoms with van der Waals surface area (Å²) in [6.45, 7) is 6.57. The molecule has 0 bridgehead atoms. The Morgan fingerprint density at radius 3 is 2.35 bits per heavy atom. The van der Waals surface area contributed by atoms with Gasteiger partial charge in [-0.05, 0) is 113 Å². The van der Waals surface area contributed by atoms with Crippen LogP contribution >= 0.6 is 0 Å². The summed E-state index contributed by atoms with van der Waals surface area (Å²) in [5.74, 6) is 4.85. The molecule has 4 aliphatic carbocycles. The molecule has 2 N–H and O–H groups in total. The van der Waals surface area contributed by atoms with Gasteiger partial charge in [0, 0.05) is 0 Å². The number of aliphatic hydroxyl groups excluding tert-OH is 1. The fourth-order valence-electron chi connectivity index (χ4n) is 7.91. The average molecular weight is 321 g/mol. The molecule has 0 amide bonds. The largest absolute Gasteiger partial charge is 0.393 e. The van der Waals surface area contributed by atoms with Crippen LogP contribution in [-0.4, -0.2) is 21.9 Å². The molecule has 0 aromatic carbocycles. The van der Waals surface area contributed by atoms with Crippen molar-refractivity contribution in [3.63, 3.8) is 0 Å². The van der Waals surface area contributed by atoms with Crippen LogP contribution in [0.4, 0.5) is 0 Å². The predicted molar refractivity (Wildman–Crippen MR) is 92.9 cm³/mol. The van der Waals surface area contributed by atoms with E-state index in [1.165, 1.54) is 44.9 Å². The first kappa shape index (κ1) is 16.4. The van der Waals surface area contributed by atoms with Gasteiger partial charge in [0.2, 0.25) is 0 Å². The third-order valence-electron chi connectivity index (χ3n) is 8.89. The highest BCUT2D eigenvalue weighted by atomic mass is 16.3. The summed E-state index contributed by atoms with van der Waals surface area (Å²) in [5.41, 5.74) is -0.00963. The van der Waals surface area contributed by atoms with Crippen molar-refractivity contribution >= 4 is 0 Å². The van der Waals surface area contributed by atoms with Crippen LogP contribution in [0.3, 0.4) is 0 Å². The molecule has 23 heavy (non-hydrogen) atoms. The van der Waals surface area contributed by atoms with Crippen LogP contribution < -0.4 is 0 Å². The van der Waals surface area contributed by atoms with Crippen molar-refractivity contribution in [3.05, 3.63) is 0 Å². The molecule has 4 fully saturated rings. The van der Waals surface area contributed by atoms with Gasteiger partial charge in [-0.25, -0.2) is 0 Å². The van der Waals surface area contributed by atoms with Crippen molar-refractivity contribution < 1.29 is 10.2 Å². The Bertz CT molecular complexity index is 457. The van der Waals surface area contributed by atoms with Crippen LogP contribution in [0.15, 0.2) is 0 Å². The molecule has 2 nitrogen and oxygen atoms in total. The Morgan fingerprint density at radius 1 is 0.870 bits per heavy atom. The zero-order valence-corrected chi connectivity index (χ0v) is 15.3. The van der Waals surface area contributed by atoms with Crippen LogP contribution in [0.5, 0.6) is 0 Å². The average Bonchev–Trinajstić information content (AvgIpc) is 2.83. The summed E-state index contributed by atoms with van der Waals surface area (Å²) in [4.78, 5) is 0. The molecule has 0 aromatic rings. The first-order valence-electron chi connectivity index (χ1n) is 10.2. The smallest absolute Gasteiger partial charge is 0.0622 e. The molecule has 9 atom stereocenters. The Kier molecular flexibility index (Phi) is 3.89. The van der Waals surface area contributed by atoms with Gasteiger partial charge in [-0.3, -0.25) is 0 Å². The quantitative estimate of drug-likeness (QED) is 0.752. The van der Waals surface area contributed by atoms with Crippen LogP contribution in [0.25, 0.3) is 0 Å². The summed E-state index contributed by atoms with van der Waals surface area (Å²) in [7, 11) is 0. The van der Waals surface area contributed by atoms with Gasteiger partial charge < -0.3 is 10.2 Å². The van der Waals surface area contributed by atoms with E-state index in [1.807, 2.05) is 6.92 Å². The molecule has 0 radical (unpaired) electrons. The van der Waals surface area contributed by atoms with E-state index in [0.29, 0.717) is 11.3 Å². The second-order valence-corrected chi connectivity index (χ2v) is 10.1. The molecule has 132 valence electrons. The van der Waals surface area contributed by atoms with Gasteiger partial charge in [-0.15, -0.1) is 0 Å². The molecule has 0 spiro atoms. The SMILES string of the molecule is CC(O)[C@H]1CC[C@H]2[C@@H]3CC[C@H]4C[C@@](C)(O)CC[C@@H]4[C@H]3CC[C@]12C. The normalized spacial score (nSPS) is 57.3. The van der Waals surface area contributed by atoms with Crippen LogP contribution in [0.2, 0.25) is 0 Å². The van der Waals surface area contributed by atoms with Crippen molar-refractivity contribution in [1.82, 2.24) is 0 Å². The van der Waals surface area contributed by atoms with Crippen molar-refractivity contribution in [2.24, 2.45) is 40.9 Å². The molecule has 4 saturated carbocycles. The Hall–Kier alpha value is -0.0800. The predicted octanol–water partition coefficient (Wildman–Crippen LogP) is 4.39. The lowest BCUT2D eigenvalue weighted by atomic mass is 9.49. The molecule has 0 aliphatic heterocycles. The van der Waals surface area contributed by atoms with Crippen molar-refractivity contribution in [3.8, 4) is 0 Å². The second kappa shape index (κ2) is 5.46. The molecule has 1 unspecified atom stereocenters. The van der Waals surface area contributed by atoms with Crippen LogP contribution in [0, 0.1) is 40.9 Å². The highest BCUT2D eigenvalue weighted by Gasteiger charge is 2.58. The Labute approximate surface area is 142 Å². The van der Waals surface area contributed by atoms with Gasteiger partial charge in [0.05, 0.1) is 11.7 Å². The lowest BCUT2D eigenvalue weighted by molar-refractivity contribution is -0.106. The first-order valence-corrected chi connectivity index (χ1v) is 10.2. The Morgan fingerprint density at radius 2 is 1.61 bits per heavy atom. The Balaban J connectivity index is 1.54. The van der Waals surface area contributed by atoms with E-state index in [0.717, 1.165) is 42.4 Å². The van der Waals surface area contributed by atoms with E-state index in [-0.39, 0.29) is 6.10 Å². The van der Waals surface area contributed by atoms with E-state index in [2.05, 4.69) is 13.8 Å². The van der Waals surface area contributed by atoms with Crippen LogP contribution in [-0.2, 0) is 0 Å². The number of rotatable bonds is 1.